The Kier molecular flexibility index (Phi) is 10.5. The Morgan fingerprint density at radius 3 is 2.12 bits per heavy atom. The number of rotatable bonds is 11. The van der Waals surface area contributed by atoms with Crippen LogP contribution in [0.5, 0.6) is 0 Å². The van der Waals surface area contributed by atoms with Crippen LogP contribution in [0.15, 0.2) is 114 Å². The number of carbonyl (C=O) groups is 4. The summed E-state index contributed by atoms with van der Waals surface area (Å²) in [6.07, 6.45) is 1.63. The van der Waals surface area contributed by atoms with Crippen LogP contribution in [0.1, 0.15) is 51.6 Å². The van der Waals surface area contributed by atoms with Gasteiger partial charge in [0.05, 0.1) is 11.3 Å². The molecule has 0 bridgehead atoms. The van der Waals surface area contributed by atoms with Crippen molar-refractivity contribution in [3.63, 3.8) is 0 Å². The summed E-state index contributed by atoms with van der Waals surface area (Å²) < 4.78 is 0. The first kappa shape index (κ1) is 30.8. The highest BCUT2D eigenvalue weighted by Crippen LogP contribution is 2.23. The minimum Gasteiger partial charge on any atom is -0.478 e. The number of hydrogen-bond donors (Lipinski definition) is 4. The first-order valence-corrected chi connectivity index (χ1v) is 14.5. The molecule has 4 rings (SSSR count). The largest absolute Gasteiger partial charge is 0.478 e. The smallest absolute Gasteiger partial charge is 0.335 e. The van der Waals surface area contributed by atoms with Crippen LogP contribution in [0, 0.1) is 0 Å². The fraction of sp³-hybridized carbons (Fsp3) is 0.118. The van der Waals surface area contributed by atoms with Gasteiger partial charge in [-0.3, -0.25) is 14.4 Å². The Morgan fingerprint density at radius 1 is 0.767 bits per heavy atom. The molecule has 0 aliphatic carbocycles. The van der Waals surface area contributed by atoms with Gasteiger partial charge in [0, 0.05) is 21.8 Å². The van der Waals surface area contributed by atoms with E-state index in [9.17, 15) is 19.2 Å². The monoisotopic (exact) mass is 593 g/mol. The number of nitrogens with one attached hydrogen (secondary N) is 3. The van der Waals surface area contributed by atoms with Gasteiger partial charge in [-0.1, -0.05) is 62.4 Å². The van der Waals surface area contributed by atoms with Crippen LogP contribution in [-0.4, -0.2) is 34.6 Å². The van der Waals surface area contributed by atoms with Crippen molar-refractivity contribution in [3.8, 4) is 0 Å². The van der Waals surface area contributed by atoms with Crippen molar-refractivity contribution in [3.05, 3.63) is 131 Å². The third-order valence-corrected chi connectivity index (χ3v) is 7.31. The first-order chi connectivity index (χ1) is 20.7. The summed E-state index contributed by atoms with van der Waals surface area (Å²) in [5.74, 6) is -1.75. The third kappa shape index (κ3) is 9.17. The van der Waals surface area contributed by atoms with Crippen LogP contribution >= 0.6 is 11.8 Å². The minimum atomic E-state index is -1.04. The van der Waals surface area contributed by atoms with Crippen molar-refractivity contribution in [2.24, 2.45) is 0 Å². The number of carboxylic acid groups (broad SMARTS) is 1. The summed E-state index contributed by atoms with van der Waals surface area (Å²) in [5.41, 5.74) is 3.55. The second kappa shape index (κ2) is 14.7. The fourth-order valence-electron chi connectivity index (χ4n) is 3.99. The first-order valence-electron chi connectivity index (χ1n) is 13.5. The van der Waals surface area contributed by atoms with Crippen molar-refractivity contribution in [2.75, 3.05) is 16.4 Å². The van der Waals surface area contributed by atoms with E-state index in [0.29, 0.717) is 22.9 Å². The van der Waals surface area contributed by atoms with E-state index in [0.717, 1.165) is 16.0 Å². The molecule has 0 heterocycles. The summed E-state index contributed by atoms with van der Waals surface area (Å²) in [6.45, 7) is 4.20. The number of carbonyl (C=O) groups excluding carboxylic acids is 3. The highest BCUT2D eigenvalue weighted by Gasteiger charge is 2.16. The van der Waals surface area contributed by atoms with Gasteiger partial charge in [-0.25, -0.2) is 4.79 Å². The topological polar surface area (TPSA) is 125 Å². The van der Waals surface area contributed by atoms with Crippen LogP contribution in [0.25, 0.3) is 6.08 Å². The molecule has 0 aliphatic heterocycles. The number of amides is 3. The van der Waals surface area contributed by atoms with Gasteiger partial charge in [0.2, 0.25) is 5.91 Å². The summed E-state index contributed by atoms with van der Waals surface area (Å²) in [6, 6.07) is 29.4. The molecule has 43 heavy (non-hydrogen) atoms. The summed E-state index contributed by atoms with van der Waals surface area (Å²) >= 11 is 1.28. The van der Waals surface area contributed by atoms with E-state index in [1.165, 1.54) is 36.0 Å². The number of benzene rings is 4. The van der Waals surface area contributed by atoms with Gasteiger partial charge in [-0.05, 0) is 77.7 Å². The molecule has 3 amide bonds. The van der Waals surface area contributed by atoms with Crippen molar-refractivity contribution in [2.45, 2.75) is 24.7 Å². The molecule has 0 spiro atoms. The Labute approximate surface area is 254 Å². The second-order valence-electron chi connectivity index (χ2n) is 9.90. The second-order valence-corrected chi connectivity index (χ2v) is 10.9. The highest BCUT2D eigenvalue weighted by molar-refractivity contribution is 8.00. The van der Waals surface area contributed by atoms with E-state index in [4.69, 9.17) is 5.11 Å². The molecule has 0 saturated carbocycles. The Bertz CT molecular complexity index is 1630. The lowest BCUT2D eigenvalue weighted by atomic mass is 10.0. The standard InChI is InChI=1S/C34H31N3O5S/c1-22(2)24-13-11-23(12-14-24)19-30(37-32(39)25-7-4-3-5-8-25)33(40)36-28-9-6-10-29(20-28)43-21-31(38)35-27-17-15-26(16-18-27)34(41)42/h3-20,22H,21H2,1-2H3,(H,35,38)(H,36,40)(H,37,39)(H,41,42)/b30-19+. The molecule has 4 aromatic rings. The molecule has 0 aliphatic rings. The molecule has 9 heteroatoms. The molecule has 4 aromatic carbocycles. The summed E-state index contributed by atoms with van der Waals surface area (Å²) in [4.78, 5) is 50.5. The van der Waals surface area contributed by atoms with Crippen molar-refractivity contribution in [1.82, 2.24) is 5.32 Å². The number of aromatic carboxylic acids is 1. The molecule has 0 fully saturated rings. The number of anilines is 2. The molecular formula is C34H31N3O5S. The molecule has 8 nitrogen and oxygen atoms in total. The van der Waals surface area contributed by atoms with Gasteiger partial charge in [0.1, 0.15) is 5.70 Å². The van der Waals surface area contributed by atoms with Crippen LogP contribution in [-0.2, 0) is 9.59 Å². The molecule has 0 radical (unpaired) electrons. The van der Waals surface area contributed by atoms with Gasteiger partial charge in [0.15, 0.2) is 0 Å². The van der Waals surface area contributed by atoms with Crippen LogP contribution in [0.4, 0.5) is 11.4 Å². The van der Waals surface area contributed by atoms with Crippen molar-refractivity contribution in [1.29, 1.82) is 0 Å². The number of carboxylic acids is 1. The Morgan fingerprint density at radius 2 is 1.47 bits per heavy atom. The van der Waals surface area contributed by atoms with Gasteiger partial charge in [-0.2, -0.15) is 0 Å². The van der Waals surface area contributed by atoms with Crippen LogP contribution in [0.3, 0.4) is 0 Å². The van der Waals surface area contributed by atoms with Crippen molar-refractivity contribution >= 4 is 52.9 Å². The van der Waals surface area contributed by atoms with Gasteiger partial charge in [-0.15, -0.1) is 11.8 Å². The highest BCUT2D eigenvalue weighted by atomic mass is 32.2. The molecule has 0 saturated heterocycles. The maximum absolute atomic E-state index is 13.4. The van der Waals surface area contributed by atoms with E-state index < -0.39 is 17.8 Å². The maximum atomic E-state index is 13.4. The van der Waals surface area contributed by atoms with E-state index in [2.05, 4.69) is 29.8 Å². The number of hydrogen-bond acceptors (Lipinski definition) is 5. The quantitative estimate of drug-likeness (QED) is 0.114. The zero-order chi connectivity index (χ0) is 30.8. The Balaban J connectivity index is 1.44. The molecule has 218 valence electrons. The van der Waals surface area contributed by atoms with Crippen molar-refractivity contribution < 1.29 is 24.3 Å². The van der Waals surface area contributed by atoms with E-state index in [-0.39, 0.29) is 22.9 Å². The van der Waals surface area contributed by atoms with Gasteiger partial charge in [0.25, 0.3) is 11.8 Å². The summed E-state index contributed by atoms with van der Waals surface area (Å²) in [5, 5.41) is 17.3. The SMILES string of the molecule is CC(C)c1ccc(/C=C(/NC(=O)c2ccccc2)C(=O)Nc2cccc(SCC(=O)Nc3ccc(C(=O)O)cc3)c2)cc1. The van der Waals surface area contributed by atoms with Gasteiger partial charge >= 0.3 is 5.97 Å². The predicted molar refractivity (Wildman–Crippen MR) is 170 cm³/mol. The summed E-state index contributed by atoms with van der Waals surface area (Å²) in [7, 11) is 0. The average molecular weight is 594 g/mol. The zero-order valence-electron chi connectivity index (χ0n) is 23.7. The lowest BCUT2D eigenvalue weighted by molar-refractivity contribution is -0.114. The maximum Gasteiger partial charge on any atom is 0.335 e. The molecule has 0 aromatic heterocycles. The molecule has 0 unspecified atom stereocenters. The average Bonchev–Trinajstić information content (AvgIpc) is 3.01. The van der Waals surface area contributed by atoms with E-state index in [1.807, 2.05) is 36.4 Å². The van der Waals surface area contributed by atoms with Crippen LogP contribution in [0.2, 0.25) is 0 Å². The Hall–Kier alpha value is -5.15. The third-order valence-electron chi connectivity index (χ3n) is 6.32. The predicted octanol–water partition coefficient (Wildman–Crippen LogP) is 6.65. The van der Waals surface area contributed by atoms with Gasteiger partial charge < -0.3 is 21.1 Å². The van der Waals surface area contributed by atoms with E-state index in [1.54, 1.807) is 48.5 Å². The molecule has 0 atom stereocenters. The van der Waals surface area contributed by atoms with E-state index >= 15 is 0 Å². The fourth-order valence-corrected chi connectivity index (χ4v) is 4.75. The molecule has 4 N–H and O–H groups in total. The molecular weight excluding hydrogens is 562 g/mol. The van der Waals surface area contributed by atoms with Crippen LogP contribution < -0.4 is 16.0 Å². The zero-order valence-corrected chi connectivity index (χ0v) is 24.5. The lowest BCUT2D eigenvalue weighted by Crippen LogP contribution is -2.30. The lowest BCUT2D eigenvalue weighted by Gasteiger charge is -2.13. The normalized spacial score (nSPS) is 11.1. The minimum absolute atomic E-state index is 0.0810. The number of thioether (sulfide) groups is 1.